The first-order valence-electron chi connectivity index (χ1n) is 5.40. The summed E-state index contributed by atoms with van der Waals surface area (Å²) in [5, 5.41) is 21.0. The number of amides is 1. The van der Waals surface area contributed by atoms with Crippen molar-refractivity contribution >= 4 is 23.6 Å². The van der Waals surface area contributed by atoms with Gasteiger partial charge < -0.3 is 15.5 Å². The second-order valence-electron chi connectivity index (χ2n) is 4.20. The number of nitrogens with zero attached hydrogens (tertiary/aromatic N) is 2. The summed E-state index contributed by atoms with van der Waals surface area (Å²) in [6, 6.07) is 0. The van der Waals surface area contributed by atoms with Gasteiger partial charge in [0.15, 0.2) is 5.69 Å². The summed E-state index contributed by atoms with van der Waals surface area (Å²) in [6.07, 6.45) is 3.95. The Hall–Kier alpha value is -1.67. The molecule has 0 spiro atoms. The monoisotopic (exact) mass is 285 g/mol. The summed E-state index contributed by atoms with van der Waals surface area (Å²) < 4.78 is 0. The summed E-state index contributed by atoms with van der Waals surface area (Å²) in [4.78, 5) is 29.6. The number of nitrogens with one attached hydrogen (secondary N) is 1. The maximum absolute atomic E-state index is 11.7. The molecule has 1 heterocycles. The first-order valence-corrected chi connectivity index (χ1v) is 6.80. The number of aromatic nitrogens is 2. The Bertz CT molecular complexity index is 462. The second kappa shape index (κ2) is 6.48. The molecule has 0 fully saturated rings. The van der Waals surface area contributed by atoms with Crippen LogP contribution in [0.4, 0.5) is 0 Å². The first-order chi connectivity index (χ1) is 8.85. The quantitative estimate of drug-likeness (QED) is 0.675. The first kappa shape index (κ1) is 15.4. The van der Waals surface area contributed by atoms with Gasteiger partial charge >= 0.3 is 5.97 Å². The van der Waals surface area contributed by atoms with Gasteiger partial charge in [-0.3, -0.25) is 4.79 Å². The molecule has 0 saturated carbocycles. The molecule has 0 aliphatic heterocycles. The van der Waals surface area contributed by atoms with Crippen molar-refractivity contribution in [1.29, 1.82) is 0 Å². The summed E-state index contributed by atoms with van der Waals surface area (Å²) in [5.41, 5.74) is -1.24. The lowest BCUT2D eigenvalue weighted by molar-refractivity contribution is 0.0688. The molecule has 0 aliphatic rings. The number of hydrogen-bond donors (Lipinski definition) is 3. The van der Waals surface area contributed by atoms with Gasteiger partial charge in [0.05, 0.1) is 18.0 Å². The van der Waals surface area contributed by atoms with Crippen molar-refractivity contribution in [2.45, 2.75) is 12.5 Å². The fourth-order valence-corrected chi connectivity index (χ4v) is 2.00. The Morgan fingerprint density at radius 2 is 1.95 bits per heavy atom. The van der Waals surface area contributed by atoms with Gasteiger partial charge in [0.25, 0.3) is 5.91 Å². The number of hydrogen-bond acceptors (Lipinski definition) is 6. The summed E-state index contributed by atoms with van der Waals surface area (Å²) in [7, 11) is 0. The molecule has 1 unspecified atom stereocenters. The van der Waals surface area contributed by atoms with Crippen LogP contribution in [0.3, 0.4) is 0 Å². The standard InChI is InChI=1S/C11H15N3O4S/c1-11(18,6-19-2)5-14-9(15)7-3-13-8(4-12-7)10(16)17/h3-4,18H,5-6H2,1-2H3,(H,14,15)(H,16,17). The highest BCUT2D eigenvalue weighted by molar-refractivity contribution is 7.98. The van der Waals surface area contributed by atoms with Gasteiger partial charge in [0, 0.05) is 12.3 Å². The van der Waals surface area contributed by atoms with Crippen LogP contribution in [0, 0.1) is 0 Å². The van der Waals surface area contributed by atoms with Crippen molar-refractivity contribution in [2.75, 3.05) is 18.6 Å². The van der Waals surface area contributed by atoms with E-state index in [1.165, 1.54) is 11.8 Å². The third kappa shape index (κ3) is 4.84. The largest absolute Gasteiger partial charge is 0.476 e. The Kier molecular flexibility index (Phi) is 5.25. The third-order valence-corrected chi connectivity index (χ3v) is 3.10. The minimum absolute atomic E-state index is 0.00458. The van der Waals surface area contributed by atoms with Gasteiger partial charge in [0.1, 0.15) is 5.69 Å². The number of thioether (sulfide) groups is 1. The van der Waals surface area contributed by atoms with E-state index in [1.807, 2.05) is 6.26 Å². The minimum Gasteiger partial charge on any atom is -0.476 e. The third-order valence-electron chi connectivity index (χ3n) is 2.19. The van der Waals surface area contributed by atoms with Gasteiger partial charge in [-0.05, 0) is 13.2 Å². The van der Waals surface area contributed by atoms with E-state index in [2.05, 4.69) is 15.3 Å². The predicted octanol–water partition coefficient (Wildman–Crippen LogP) is 0.0186. The van der Waals surface area contributed by atoms with Crippen LogP contribution in [0.5, 0.6) is 0 Å². The van der Waals surface area contributed by atoms with Crippen molar-refractivity contribution in [2.24, 2.45) is 0 Å². The smallest absolute Gasteiger partial charge is 0.356 e. The molecule has 7 nitrogen and oxygen atoms in total. The molecule has 1 aromatic rings. The van der Waals surface area contributed by atoms with Crippen LogP contribution in [-0.2, 0) is 0 Å². The second-order valence-corrected chi connectivity index (χ2v) is 5.07. The van der Waals surface area contributed by atoms with E-state index in [4.69, 9.17) is 5.11 Å². The van der Waals surface area contributed by atoms with Crippen molar-refractivity contribution in [3.63, 3.8) is 0 Å². The van der Waals surface area contributed by atoms with E-state index in [1.54, 1.807) is 6.92 Å². The highest BCUT2D eigenvalue weighted by Crippen LogP contribution is 2.09. The molecule has 0 radical (unpaired) electrons. The highest BCUT2D eigenvalue weighted by Gasteiger charge is 2.21. The molecule has 19 heavy (non-hydrogen) atoms. The van der Waals surface area contributed by atoms with Crippen LogP contribution >= 0.6 is 11.8 Å². The molecule has 3 N–H and O–H groups in total. The number of carboxylic acids is 1. The lowest BCUT2D eigenvalue weighted by Gasteiger charge is -2.22. The molecule has 1 rings (SSSR count). The Labute approximate surface area is 114 Å². The summed E-state index contributed by atoms with van der Waals surface area (Å²) >= 11 is 1.47. The van der Waals surface area contributed by atoms with Gasteiger partial charge in [-0.25, -0.2) is 14.8 Å². The van der Waals surface area contributed by atoms with Gasteiger partial charge in [-0.1, -0.05) is 0 Å². The summed E-state index contributed by atoms with van der Waals surface area (Å²) in [6.45, 7) is 1.69. The zero-order valence-electron chi connectivity index (χ0n) is 10.6. The molecule has 0 bridgehead atoms. The maximum Gasteiger partial charge on any atom is 0.356 e. The van der Waals surface area contributed by atoms with Gasteiger partial charge in [-0.15, -0.1) is 0 Å². The van der Waals surface area contributed by atoms with Gasteiger partial charge in [-0.2, -0.15) is 11.8 Å². The van der Waals surface area contributed by atoms with E-state index in [0.29, 0.717) is 5.75 Å². The Balaban J connectivity index is 2.61. The zero-order chi connectivity index (χ0) is 14.5. The molecule has 0 aliphatic carbocycles. The molecule has 1 atom stereocenters. The lowest BCUT2D eigenvalue weighted by atomic mass is 10.1. The number of carbonyl (C=O) groups is 2. The van der Waals surface area contributed by atoms with Crippen LogP contribution in [0.15, 0.2) is 12.4 Å². The molecule has 1 amide bonds. The number of rotatable bonds is 6. The number of carboxylic acid groups (broad SMARTS) is 1. The Morgan fingerprint density at radius 1 is 1.37 bits per heavy atom. The van der Waals surface area contributed by atoms with Crippen LogP contribution in [0.1, 0.15) is 27.9 Å². The molecule has 0 aromatic carbocycles. The SMILES string of the molecule is CSCC(C)(O)CNC(=O)c1cnc(C(=O)O)cn1. The zero-order valence-corrected chi connectivity index (χ0v) is 11.4. The molecule has 104 valence electrons. The maximum atomic E-state index is 11.7. The molecule has 1 aromatic heterocycles. The van der Waals surface area contributed by atoms with Crippen molar-refractivity contribution < 1.29 is 19.8 Å². The minimum atomic E-state index is -1.21. The van der Waals surface area contributed by atoms with E-state index < -0.39 is 17.5 Å². The van der Waals surface area contributed by atoms with E-state index in [0.717, 1.165) is 12.4 Å². The van der Waals surface area contributed by atoms with Crippen molar-refractivity contribution in [1.82, 2.24) is 15.3 Å². The fraction of sp³-hybridized carbons (Fsp3) is 0.455. The normalized spacial score (nSPS) is 13.6. The average Bonchev–Trinajstić information content (AvgIpc) is 2.36. The fourth-order valence-electron chi connectivity index (χ4n) is 1.28. The van der Waals surface area contributed by atoms with Gasteiger partial charge in [0.2, 0.25) is 0 Å². The van der Waals surface area contributed by atoms with Crippen LogP contribution < -0.4 is 5.32 Å². The van der Waals surface area contributed by atoms with E-state index in [-0.39, 0.29) is 17.9 Å². The molecular weight excluding hydrogens is 270 g/mol. The van der Waals surface area contributed by atoms with Crippen LogP contribution in [0.2, 0.25) is 0 Å². The van der Waals surface area contributed by atoms with Crippen molar-refractivity contribution in [3.05, 3.63) is 23.8 Å². The predicted molar refractivity (Wildman–Crippen MR) is 70.3 cm³/mol. The number of aliphatic hydroxyl groups is 1. The highest BCUT2D eigenvalue weighted by atomic mass is 32.2. The molecule has 0 saturated heterocycles. The average molecular weight is 285 g/mol. The van der Waals surface area contributed by atoms with Crippen molar-refractivity contribution in [3.8, 4) is 0 Å². The van der Waals surface area contributed by atoms with E-state index in [9.17, 15) is 14.7 Å². The number of carbonyl (C=O) groups excluding carboxylic acids is 1. The Morgan fingerprint density at radius 3 is 2.42 bits per heavy atom. The number of aromatic carboxylic acids is 1. The molecular formula is C11H15N3O4S. The van der Waals surface area contributed by atoms with Crippen LogP contribution in [-0.4, -0.2) is 56.2 Å². The lowest BCUT2D eigenvalue weighted by Crippen LogP contribution is -2.42. The molecule has 8 heteroatoms. The van der Waals surface area contributed by atoms with Crippen LogP contribution in [0.25, 0.3) is 0 Å². The van der Waals surface area contributed by atoms with E-state index >= 15 is 0 Å². The topological polar surface area (TPSA) is 112 Å². The summed E-state index contributed by atoms with van der Waals surface area (Å²) in [5.74, 6) is -1.23.